The van der Waals surface area contributed by atoms with Crippen molar-refractivity contribution in [2.45, 2.75) is 13.1 Å². The maximum atomic E-state index is 5.43. The SMILES string of the molecule is NCc1cccc(CN)c1.O. The highest BCUT2D eigenvalue weighted by molar-refractivity contribution is 5.22. The minimum absolute atomic E-state index is 0. The molecule has 0 heterocycles. The van der Waals surface area contributed by atoms with Gasteiger partial charge in [0.2, 0.25) is 0 Å². The van der Waals surface area contributed by atoms with Gasteiger partial charge in [0.15, 0.2) is 0 Å². The molecule has 1 aromatic rings. The fourth-order valence-corrected chi connectivity index (χ4v) is 0.884. The van der Waals surface area contributed by atoms with E-state index in [2.05, 4.69) is 0 Å². The van der Waals surface area contributed by atoms with E-state index in [1.54, 1.807) is 0 Å². The van der Waals surface area contributed by atoms with E-state index in [-0.39, 0.29) is 5.48 Å². The standard InChI is InChI=1S/C8H12N2.H2O/c9-5-7-2-1-3-8(4-7)6-10;/h1-4H,5-6,9-10H2;1H2. The van der Waals surface area contributed by atoms with E-state index in [1.165, 1.54) is 0 Å². The third kappa shape index (κ3) is 2.67. The smallest absolute Gasteiger partial charge is 0.0178 e. The summed E-state index contributed by atoms with van der Waals surface area (Å²) in [5, 5.41) is 0. The molecule has 0 saturated heterocycles. The zero-order valence-corrected chi connectivity index (χ0v) is 6.38. The van der Waals surface area contributed by atoms with Gasteiger partial charge in [-0.25, -0.2) is 0 Å². The van der Waals surface area contributed by atoms with Crippen molar-refractivity contribution in [2.75, 3.05) is 0 Å². The number of rotatable bonds is 2. The lowest BCUT2D eigenvalue weighted by Gasteiger charge is -1.98. The Morgan fingerprint density at radius 2 is 1.45 bits per heavy atom. The second-order valence-electron chi connectivity index (χ2n) is 2.23. The zero-order valence-electron chi connectivity index (χ0n) is 6.38. The van der Waals surface area contributed by atoms with Crippen LogP contribution in [0.1, 0.15) is 11.1 Å². The van der Waals surface area contributed by atoms with Gasteiger partial charge in [0.25, 0.3) is 0 Å². The van der Waals surface area contributed by atoms with E-state index < -0.39 is 0 Å². The molecule has 6 N–H and O–H groups in total. The molecule has 1 rings (SSSR count). The lowest BCUT2D eigenvalue weighted by molar-refractivity contribution is 0.824. The minimum Gasteiger partial charge on any atom is -0.412 e. The molecule has 3 nitrogen and oxygen atoms in total. The molecule has 0 unspecified atom stereocenters. The first kappa shape index (κ1) is 10.1. The molecule has 0 aliphatic heterocycles. The average molecular weight is 154 g/mol. The summed E-state index contributed by atoms with van der Waals surface area (Å²) < 4.78 is 0. The molecule has 0 spiro atoms. The Balaban J connectivity index is 0.000001000. The van der Waals surface area contributed by atoms with Gasteiger partial charge in [-0.15, -0.1) is 0 Å². The lowest BCUT2D eigenvalue weighted by atomic mass is 10.1. The van der Waals surface area contributed by atoms with Crippen LogP contribution in [-0.2, 0) is 13.1 Å². The maximum Gasteiger partial charge on any atom is 0.0178 e. The molecular weight excluding hydrogens is 140 g/mol. The summed E-state index contributed by atoms with van der Waals surface area (Å²) in [4.78, 5) is 0. The second-order valence-corrected chi connectivity index (χ2v) is 2.23. The summed E-state index contributed by atoms with van der Waals surface area (Å²) in [6.45, 7) is 1.18. The van der Waals surface area contributed by atoms with Crippen LogP contribution in [0.5, 0.6) is 0 Å². The molecule has 0 bridgehead atoms. The van der Waals surface area contributed by atoms with E-state index in [0.717, 1.165) is 11.1 Å². The minimum atomic E-state index is 0. The summed E-state index contributed by atoms with van der Waals surface area (Å²) in [6, 6.07) is 8.00. The van der Waals surface area contributed by atoms with Crippen molar-refractivity contribution in [2.24, 2.45) is 11.5 Å². The molecule has 0 aliphatic rings. The van der Waals surface area contributed by atoms with Crippen LogP contribution in [0.15, 0.2) is 24.3 Å². The van der Waals surface area contributed by atoms with Crippen LogP contribution in [0, 0.1) is 0 Å². The van der Waals surface area contributed by atoms with Gasteiger partial charge >= 0.3 is 0 Å². The Kier molecular flexibility index (Phi) is 4.45. The first-order valence-corrected chi connectivity index (χ1v) is 3.34. The molecule has 0 aliphatic carbocycles. The van der Waals surface area contributed by atoms with E-state index >= 15 is 0 Å². The van der Waals surface area contributed by atoms with Crippen molar-refractivity contribution in [3.05, 3.63) is 35.4 Å². The summed E-state index contributed by atoms with van der Waals surface area (Å²) in [5.41, 5.74) is 13.1. The summed E-state index contributed by atoms with van der Waals surface area (Å²) >= 11 is 0. The predicted octanol–water partition coefficient (Wildman–Crippen LogP) is -0.221. The lowest BCUT2D eigenvalue weighted by Crippen LogP contribution is -2.00. The van der Waals surface area contributed by atoms with Crippen molar-refractivity contribution in [3.63, 3.8) is 0 Å². The van der Waals surface area contributed by atoms with Crippen molar-refractivity contribution in [3.8, 4) is 0 Å². The first-order chi connectivity index (χ1) is 4.86. The fourth-order valence-electron chi connectivity index (χ4n) is 0.884. The van der Waals surface area contributed by atoms with Gasteiger partial charge in [-0.05, 0) is 11.1 Å². The van der Waals surface area contributed by atoms with Crippen LogP contribution in [-0.4, -0.2) is 5.48 Å². The van der Waals surface area contributed by atoms with Crippen LogP contribution in [0.4, 0.5) is 0 Å². The Morgan fingerprint density at radius 3 is 1.82 bits per heavy atom. The van der Waals surface area contributed by atoms with Crippen LogP contribution >= 0.6 is 0 Å². The van der Waals surface area contributed by atoms with Crippen LogP contribution in [0.3, 0.4) is 0 Å². The molecule has 0 saturated carbocycles. The molecule has 0 aromatic heterocycles. The fraction of sp³-hybridized carbons (Fsp3) is 0.250. The molecule has 11 heavy (non-hydrogen) atoms. The largest absolute Gasteiger partial charge is 0.412 e. The van der Waals surface area contributed by atoms with E-state index in [1.807, 2.05) is 24.3 Å². The molecule has 0 radical (unpaired) electrons. The molecule has 1 aromatic carbocycles. The first-order valence-electron chi connectivity index (χ1n) is 3.34. The van der Waals surface area contributed by atoms with Gasteiger partial charge in [0.05, 0.1) is 0 Å². The van der Waals surface area contributed by atoms with Crippen molar-refractivity contribution in [1.29, 1.82) is 0 Å². The van der Waals surface area contributed by atoms with Crippen molar-refractivity contribution < 1.29 is 5.48 Å². The average Bonchev–Trinajstić information content (AvgIpc) is 2.05. The topological polar surface area (TPSA) is 83.5 Å². The molecule has 0 fully saturated rings. The summed E-state index contributed by atoms with van der Waals surface area (Å²) in [5.74, 6) is 0. The highest BCUT2D eigenvalue weighted by atomic mass is 16.0. The van der Waals surface area contributed by atoms with Gasteiger partial charge < -0.3 is 16.9 Å². The number of hydrogen-bond acceptors (Lipinski definition) is 2. The molecular formula is C8H14N2O. The Bertz CT molecular complexity index is 194. The van der Waals surface area contributed by atoms with Crippen LogP contribution in [0.25, 0.3) is 0 Å². The van der Waals surface area contributed by atoms with Crippen molar-refractivity contribution >= 4 is 0 Å². The number of nitrogens with two attached hydrogens (primary N) is 2. The summed E-state index contributed by atoms with van der Waals surface area (Å²) in [7, 11) is 0. The Morgan fingerprint density at radius 1 is 1.00 bits per heavy atom. The van der Waals surface area contributed by atoms with Gasteiger partial charge in [-0.1, -0.05) is 24.3 Å². The quantitative estimate of drug-likeness (QED) is 0.617. The Hall–Kier alpha value is -0.900. The predicted molar refractivity (Wildman–Crippen MR) is 45.8 cm³/mol. The van der Waals surface area contributed by atoms with E-state index in [9.17, 15) is 0 Å². The third-order valence-electron chi connectivity index (χ3n) is 1.46. The van der Waals surface area contributed by atoms with Gasteiger partial charge in [-0.3, -0.25) is 0 Å². The number of hydrogen-bond donors (Lipinski definition) is 2. The van der Waals surface area contributed by atoms with E-state index in [4.69, 9.17) is 11.5 Å². The number of benzene rings is 1. The molecule has 62 valence electrons. The Labute approximate surface area is 66.3 Å². The highest BCUT2D eigenvalue weighted by Gasteiger charge is 1.89. The highest BCUT2D eigenvalue weighted by Crippen LogP contribution is 2.02. The molecule has 0 atom stereocenters. The monoisotopic (exact) mass is 154 g/mol. The molecule has 0 amide bonds. The van der Waals surface area contributed by atoms with Crippen LogP contribution in [0.2, 0.25) is 0 Å². The van der Waals surface area contributed by atoms with Gasteiger partial charge in [-0.2, -0.15) is 0 Å². The van der Waals surface area contributed by atoms with E-state index in [0.29, 0.717) is 13.1 Å². The second kappa shape index (κ2) is 4.85. The van der Waals surface area contributed by atoms with Gasteiger partial charge in [0.1, 0.15) is 0 Å². The third-order valence-corrected chi connectivity index (χ3v) is 1.46. The van der Waals surface area contributed by atoms with Crippen LogP contribution < -0.4 is 11.5 Å². The van der Waals surface area contributed by atoms with Crippen molar-refractivity contribution in [1.82, 2.24) is 0 Å². The summed E-state index contributed by atoms with van der Waals surface area (Å²) in [6.07, 6.45) is 0. The van der Waals surface area contributed by atoms with Gasteiger partial charge in [0, 0.05) is 13.1 Å². The normalized spacial score (nSPS) is 8.91. The maximum absolute atomic E-state index is 5.43. The molecule has 3 heteroatoms. The zero-order chi connectivity index (χ0) is 7.40.